The lowest BCUT2D eigenvalue weighted by molar-refractivity contribution is -0.230. The number of carboxylic acids is 1. The average molecular weight is 325 g/mol. The van der Waals surface area contributed by atoms with Crippen LogP contribution in [0.4, 0.5) is 0 Å². The van der Waals surface area contributed by atoms with Gasteiger partial charge in [-0.25, -0.2) is 0 Å². The van der Waals surface area contributed by atoms with E-state index in [9.17, 15) is 20.1 Å². The molecule has 9 heteroatoms. The van der Waals surface area contributed by atoms with Gasteiger partial charge in [0.2, 0.25) is 0 Å². The lowest BCUT2D eigenvalue weighted by Crippen LogP contribution is -2.58. The second kappa shape index (κ2) is 8.89. The number of rotatable bonds is 8. The number of thioether (sulfide) groups is 1. The Kier molecular flexibility index (Phi) is 7.88. The minimum atomic E-state index is -1.35. The maximum Gasteiger partial charge on any atom is 0.321 e. The van der Waals surface area contributed by atoms with Crippen molar-refractivity contribution in [2.24, 2.45) is 5.73 Å². The highest BCUT2D eigenvalue weighted by Gasteiger charge is 2.42. The van der Waals surface area contributed by atoms with Gasteiger partial charge in [-0.3, -0.25) is 4.79 Å². The van der Waals surface area contributed by atoms with Crippen molar-refractivity contribution in [1.82, 2.24) is 0 Å². The van der Waals surface area contributed by atoms with Crippen LogP contribution in [0.15, 0.2) is 0 Å². The topological polar surface area (TPSA) is 153 Å². The Balaban J connectivity index is 2.29. The van der Waals surface area contributed by atoms with Crippen LogP contribution in [0.25, 0.3) is 0 Å². The number of hydrogen-bond donors (Lipinski definition) is 6. The molecule has 0 radical (unpaired) electrons. The monoisotopic (exact) mass is 325 g/mol. The molecule has 0 aromatic heterocycles. The first-order chi connectivity index (χ1) is 9.88. The van der Waals surface area contributed by atoms with E-state index in [0.29, 0.717) is 24.3 Å². The second-order valence-corrected chi connectivity index (χ2v) is 6.18. The van der Waals surface area contributed by atoms with Crippen molar-refractivity contribution >= 4 is 17.7 Å². The zero-order valence-electron chi connectivity index (χ0n) is 11.5. The molecule has 1 aliphatic rings. The number of aliphatic carboxylic acids is 1. The number of carbonyl (C=O) groups is 1. The number of aliphatic hydroxyl groups is 4. The molecule has 1 heterocycles. The minimum absolute atomic E-state index is 0.296. The molecule has 0 aromatic carbocycles. The van der Waals surface area contributed by atoms with Gasteiger partial charge >= 0.3 is 5.97 Å². The molecule has 0 aromatic rings. The summed E-state index contributed by atoms with van der Waals surface area (Å²) in [6.07, 6.45) is -4.42. The van der Waals surface area contributed by atoms with Gasteiger partial charge in [-0.15, -0.1) is 0 Å². The van der Waals surface area contributed by atoms with Gasteiger partial charge in [0.1, 0.15) is 30.5 Å². The Morgan fingerprint density at radius 2 is 1.81 bits per heavy atom. The van der Waals surface area contributed by atoms with Gasteiger partial charge in [-0.2, -0.15) is 11.8 Å². The van der Waals surface area contributed by atoms with Gasteiger partial charge in [0.15, 0.2) is 0 Å². The normalized spacial score (nSPS) is 34.6. The molecule has 1 rings (SSSR count). The fraction of sp³-hybridized carbons (Fsp3) is 0.917. The van der Waals surface area contributed by atoms with Gasteiger partial charge < -0.3 is 36.0 Å². The highest BCUT2D eigenvalue weighted by Crippen LogP contribution is 2.24. The van der Waals surface area contributed by atoms with Crippen LogP contribution in [-0.2, 0) is 9.53 Å². The van der Waals surface area contributed by atoms with Crippen molar-refractivity contribution in [3.63, 3.8) is 0 Å². The fourth-order valence-electron chi connectivity index (χ4n) is 2.09. The quantitative estimate of drug-likeness (QED) is 0.272. The molecule has 0 amide bonds. The molecule has 1 saturated heterocycles. The summed E-state index contributed by atoms with van der Waals surface area (Å²) >= 11 is 1.38. The van der Waals surface area contributed by atoms with Crippen molar-refractivity contribution in [3.05, 3.63) is 0 Å². The number of carboxylic acid groups (broad SMARTS) is 1. The van der Waals surface area contributed by atoms with E-state index in [0.717, 1.165) is 0 Å². The third kappa shape index (κ3) is 5.37. The summed E-state index contributed by atoms with van der Waals surface area (Å²) < 4.78 is 5.36. The van der Waals surface area contributed by atoms with Crippen LogP contribution < -0.4 is 5.73 Å². The van der Waals surface area contributed by atoms with E-state index in [1.54, 1.807) is 0 Å². The Hall–Kier alpha value is -0.420. The smallest absolute Gasteiger partial charge is 0.321 e. The number of ether oxygens (including phenoxy) is 1. The molecule has 6 atom stereocenters. The molecular weight excluding hydrogens is 302 g/mol. The molecule has 7 N–H and O–H groups in total. The minimum Gasteiger partial charge on any atom is -0.480 e. The first-order valence-corrected chi connectivity index (χ1v) is 7.90. The summed E-state index contributed by atoms with van der Waals surface area (Å²) in [6.45, 7) is -0.441. The number of hydrogen-bond acceptors (Lipinski definition) is 8. The van der Waals surface area contributed by atoms with E-state index >= 15 is 0 Å². The Labute approximate surface area is 126 Å². The van der Waals surface area contributed by atoms with Crippen LogP contribution >= 0.6 is 11.8 Å². The average Bonchev–Trinajstić information content (AvgIpc) is 2.46. The molecule has 1 fully saturated rings. The van der Waals surface area contributed by atoms with E-state index in [2.05, 4.69) is 0 Å². The van der Waals surface area contributed by atoms with E-state index < -0.39 is 49.1 Å². The zero-order chi connectivity index (χ0) is 16.0. The third-order valence-electron chi connectivity index (χ3n) is 3.38. The lowest BCUT2D eigenvalue weighted by Gasteiger charge is -2.40. The predicted octanol–water partition coefficient (Wildman–Crippen LogP) is -2.25. The van der Waals surface area contributed by atoms with Crippen LogP contribution in [-0.4, -0.2) is 86.2 Å². The van der Waals surface area contributed by atoms with E-state index in [1.807, 2.05) is 0 Å². The Morgan fingerprint density at radius 3 is 2.38 bits per heavy atom. The summed E-state index contributed by atoms with van der Waals surface area (Å²) in [4.78, 5) is 10.5. The van der Waals surface area contributed by atoms with Gasteiger partial charge in [0.25, 0.3) is 0 Å². The summed E-state index contributed by atoms with van der Waals surface area (Å²) in [5.74, 6) is -0.114. The van der Waals surface area contributed by atoms with Crippen molar-refractivity contribution in [3.8, 4) is 0 Å². The standard InChI is InChI=1S/C12H23NO7S/c13-6(12(18)19)5-21-3-1-2-7-9(15)11(17)10(16)8(4-14)20-7/h6-11,14-17H,1-5,13H2,(H,18,19)/t6-,7?,8+,9+,10+,11+/m0/s1. The molecular formula is C12H23NO7S. The second-order valence-electron chi connectivity index (χ2n) is 5.03. The fourth-order valence-corrected chi connectivity index (χ4v) is 3.02. The van der Waals surface area contributed by atoms with Gasteiger partial charge in [0.05, 0.1) is 12.7 Å². The van der Waals surface area contributed by atoms with Gasteiger partial charge in [0, 0.05) is 5.75 Å². The van der Waals surface area contributed by atoms with Gasteiger partial charge in [-0.05, 0) is 18.6 Å². The van der Waals surface area contributed by atoms with E-state index in [-0.39, 0.29) is 0 Å². The SMILES string of the molecule is N[C@@H](CSCCCC1O[C@H](CO)[C@@H](O)[C@H](O)[C@@H]1O)C(=O)O. The van der Waals surface area contributed by atoms with Crippen LogP contribution in [0.2, 0.25) is 0 Å². The highest BCUT2D eigenvalue weighted by molar-refractivity contribution is 7.99. The van der Waals surface area contributed by atoms with Crippen LogP contribution in [0, 0.1) is 0 Å². The molecule has 1 aliphatic heterocycles. The number of nitrogens with two attached hydrogens (primary N) is 1. The maximum absolute atomic E-state index is 10.5. The van der Waals surface area contributed by atoms with Crippen LogP contribution in [0.5, 0.6) is 0 Å². The Morgan fingerprint density at radius 1 is 1.19 bits per heavy atom. The molecule has 0 bridgehead atoms. The van der Waals surface area contributed by atoms with E-state index in [4.69, 9.17) is 20.7 Å². The van der Waals surface area contributed by atoms with Crippen LogP contribution in [0.3, 0.4) is 0 Å². The van der Waals surface area contributed by atoms with Crippen molar-refractivity contribution < 1.29 is 35.1 Å². The van der Waals surface area contributed by atoms with Gasteiger partial charge in [-0.1, -0.05) is 0 Å². The predicted molar refractivity (Wildman–Crippen MR) is 75.9 cm³/mol. The zero-order valence-corrected chi connectivity index (χ0v) is 12.4. The highest BCUT2D eigenvalue weighted by atomic mass is 32.2. The summed E-state index contributed by atoms with van der Waals surface area (Å²) in [5.41, 5.74) is 5.36. The number of aliphatic hydroxyl groups excluding tert-OH is 4. The van der Waals surface area contributed by atoms with Crippen molar-refractivity contribution in [1.29, 1.82) is 0 Å². The Bertz CT molecular complexity index is 331. The largest absolute Gasteiger partial charge is 0.480 e. The van der Waals surface area contributed by atoms with Crippen molar-refractivity contribution in [2.45, 2.75) is 49.4 Å². The lowest BCUT2D eigenvalue weighted by atomic mass is 9.93. The van der Waals surface area contributed by atoms with E-state index in [1.165, 1.54) is 11.8 Å². The summed E-state index contributed by atoms with van der Waals surface area (Å²) in [7, 11) is 0. The first-order valence-electron chi connectivity index (χ1n) is 6.75. The molecule has 0 spiro atoms. The molecule has 0 saturated carbocycles. The summed E-state index contributed by atoms with van der Waals surface area (Å²) in [5, 5.41) is 46.7. The van der Waals surface area contributed by atoms with Crippen molar-refractivity contribution in [2.75, 3.05) is 18.1 Å². The molecule has 0 aliphatic carbocycles. The molecule has 21 heavy (non-hydrogen) atoms. The first kappa shape index (κ1) is 18.6. The maximum atomic E-state index is 10.5. The van der Waals surface area contributed by atoms with Crippen LogP contribution in [0.1, 0.15) is 12.8 Å². The molecule has 1 unspecified atom stereocenters. The molecule has 124 valence electrons. The third-order valence-corrected chi connectivity index (χ3v) is 4.56. The summed E-state index contributed by atoms with van der Waals surface area (Å²) in [6, 6.07) is -0.901. The molecule has 8 nitrogen and oxygen atoms in total.